The number of rotatable bonds is 15. The molecule has 3 atom stereocenters. The average molecular weight is 511 g/mol. The van der Waals surface area contributed by atoms with Gasteiger partial charge in [0.05, 0.1) is 0 Å². The third kappa shape index (κ3) is 10.9. The van der Waals surface area contributed by atoms with Crippen molar-refractivity contribution in [1.29, 1.82) is 0 Å². The molecule has 0 heterocycles. The van der Waals surface area contributed by atoms with Gasteiger partial charge >= 0.3 is 6.09 Å². The molecule has 2 aromatic rings. The van der Waals surface area contributed by atoms with Crippen molar-refractivity contribution in [2.75, 3.05) is 6.54 Å². The molecule has 4 N–H and O–H groups in total. The lowest BCUT2D eigenvalue weighted by atomic mass is 10.0. The standard InChI is InChI=1S/C27H34N4O6/c1-19(2)13-23(31-27(36)37-17-21-11-7-4-8-12-21)26(35)30-24(14-20-9-5-3-6-10-20)25(34)29-22(16-32)15-28-18-33/h3-12,16,18-19,22-24H,13-15,17H2,1-2H3,(H,28,33)(H,29,34)(H,30,35)(H,31,36)/t22-,23-,24-/m0/s1. The molecule has 0 saturated heterocycles. The Bertz CT molecular complexity index is 1020. The molecule has 0 bridgehead atoms. The topological polar surface area (TPSA) is 143 Å². The maximum Gasteiger partial charge on any atom is 0.408 e. The highest BCUT2D eigenvalue weighted by Crippen LogP contribution is 2.09. The van der Waals surface area contributed by atoms with Crippen molar-refractivity contribution in [3.05, 3.63) is 71.8 Å². The largest absolute Gasteiger partial charge is 0.445 e. The van der Waals surface area contributed by atoms with Gasteiger partial charge in [-0.2, -0.15) is 0 Å². The second-order valence-electron chi connectivity index (χ2n) is 8.92. The van der Waals surface area contributed by atoms with Crippen LogP contribution < -0.4 is 21.3 Å². The summed E-state index contributed by atoms with van der Waals surface area (Å²) >= 11 is 0. The number of nitrogens with one attached hydrogen (secondary N) is 4. The number of amides is 4. The van der Waals surface area contributed by atoms with Gasteiger partial charge in [0.2, 0.25) is 18.2 Å². The zero-order chi connectivity index (χ0) is 27.0. The molecular formula is C27H34N4O6. The molecule has 2 aromatic carbocycles. The Kier molecular flexibility index (Phi) is 12.3. The first kappa shape index (κ1) is 29.0. The fourth-order valence-corrected chi connectivity index (χ4v) is 3.53. The van der Waals surface area contributed by atoms with Crippen LogP contribution in [0.4, 0.5) is 4.79 Å². The Morgan fingerprint density at radius 2 is 1.41 bits per heavy atom. The highest BCUT2D eigenvalue weighted by Gasteiger charge is 2.29. The van der Waals surface area contributed by atoms with Crippen LogP contribution in [0.25, 0.3) is 0 Å². The Labute approximate surface area is 216 Å². The number of hydrogen-bond acceptors (Lipinski definition) is 6. The smallest absolute Gasteiger partial charge is 0.408 e. The lowest BCUT2D eigenvalue weighted by molar-refractivity contribution is -0.131. The van der Waals surface area contributed by atoms with Gasteiger partial charge in [-0.05, 0) is 23.5 Å². The molecule has 0 aliphatic heterocycles. The van der Waals surface area contributed by atoms with E-state index in [2.05, 4.69) is 21.3 Å². The molecule has 0 spiro atoms. The summed E-state index contributed by atoms with van der Waals surface area (Å²) in [7, 11) is 0. The van der Waals surface area contributed by atoms with Gasteiger partial charge in [0.15, 0.2) is 0 Å². The van der Waals surface area contributed by atoms with Crippen LogP contribution in [0.3, 0.4) is 0 Å². The van der Waals surface area contributed by atoms with Gasteiger partial charge in [0, 0.05) is 13.0 Å². The molecule has 10 nitrogen and oxygen atoms in total. The van der Waals surface area contributed by atoms with E-state index in [-0.39, 0.29) is 25.5 Å². The molecular weight excluding hydrogens is 476 g/mol. The highest BCUT2D eigenvalue weighted by atomic mass is 16.5. The average Bonchev–Trinajstić information content (AvgIpc) is 2.89. The third-order valence-corrected chi connectivity index (χ3v) is 5.36. The van der Waals surface area contributed by atoms with Crippen LogP contribution in [-0.2, 0) is 36.9 Å². The number of benzene rings is 2. The fourth-order valence-electron chi connectivity index (χ4n) is 3.53. The normalized spacial score (nSPS) is 12.9. The summed E-state index contributed by atoms with van der Waals surface area (Å²) in [6.07, 6.45) is 0.631. The SMILES string of the molecule is CC(C)C[C@H](NC(=O)OCc1ccccc1)C(=O)N[C@@H](Cc1ccccc1)C(=O)N[C@H](C=O)CNC=O. The number of hydrogen-bond donors (Lipinski definition) is 4. The van der Waals surface area contributed by atoms with E-state index in [0.29, 0.717) is 19.1 Å². The second kappa shape index (κ2) is 15.7. The van der Waals surface area contributed by atoms with Crippen molar-refractivity contribution < 1.29 is 28.7 Å². The van der Waals surface area contributed by atoms with Gasteiger partial charge in [-0.3, -0.25) is 14.4 Å². The third-order valence-electron chi connectivity index (χ3n) is 5.36. The molecule has 0 saturated carbocycles. The Balaban J connectivity index is 2.11. The molecule has 0 aliphatic rings. The summed E-state index contributed by atoms with van der Waals surface area (Å²) in [6, 6.07) is 15.2. The van der Waals surface area contributed by atoms with E-state index in [1.54, 1.807) is 12.1 Å². The van der Waals surface area contributed by atoms with E-state index < -0.39 is 36.0 Å². The van der Waals surface area contributed by atoms with Crippen LogP contribution in [0.15, 0.2) is 60.7 Å². The minimum atomic E-state index is -1.04. The maximum absolute atomic E-state index is 13.2. The van der Waals surface area contributed by atoms with Crippen molar-refractivity contribution in [2.45, 2.75) is 51.4 Å². The van der Waals surface area contributed by atoms with Crippen LogP contribution in [0.5, 0.6) is 0 Å². The monoisotopic (exact) mass is 510 g/mol. The van der Waals surface area contributed by atoms with E-state index in [4.69, 9.17) is 4.74 Å². The molecule has 37 heavy (non-hydrogen) atoms. The van der Waals surface area contributed by atoms with Crippen LogP contribution >= 0.6 is 0 Å². The van der Waals surface area contributed by atoms with Crippen LogP contribution in [-0.4, -0.2) is 55.3 Å². The van der Waals surface area contributed by atoms with Gasteiger partial charge < -0.3 is 30.8 Å². The highest BCUT2D eigenvalue weighted by molar-refractivity contribution is 5.92. The second-order valence-corrected chi connectivity index (χ2v) is 8.92. The molecule has 0 aliphatic carbocycles. The maximum atomic E-state index is 13.2. The molecule has 0 aromatic heterocycles. The summed E-state index contributed by atoms with van der Waals surface area (Å²) < 4.78 is 5.26. The fraction of sp³-hybridized carbons (Fsp3) is 0.370. The van der Waals surface area contributed by atoms with Crippen LogP contribution in [0.1, 0.15) is 31.4 Å². The van der Waals surface area contributed by atoms with Crippen molar-refractivity contribution >= 4 is 30.6 Å². The number of carbonyl (C=O) groups excluding carboxylic acids is 5. The summed E-state index contributed by atoms with van der Waals surface area (Å²) in [5.41, 5.74) is 1.59. The van der Waals surface area contributed by atoms with Crippen molar-refractivity contribution in [3.8, 4) is 0 Å². The first-order chi connectivity index (χ1) is 17.8. The molecule has 198 valence electrons. The van der Waals surface area contributed by atoms with Gasteiger partial charge in [-0.1, -0.05) is 74.5 Å². The first-order valence-corrected chi connectivity index (χ1v) is 12.1. The van der Waals surface area contributed by atoms with Crippen LogP contribution in [0, 0.1) is 5.92 Å². The van der Waals surface area contributed by atoms with Gasteiger partial charge in [-0.25, -0.2) is 4.79 Å². The predicted molar refractivity (Wildman–Crippen MR) is 137 cm³/mol. The lowest BCUT2D eigenvalue weighted by Gasteiger charge is -2.25. The minimum Gasteiger partial charge on any atom is -0.445 e. The Hall–Kier alpha value is -4.21. The van der Waals surface area contributed by atoms with Crippen molar-refractivity contribution in [1.82, 2.24) is 21.3 Å². The van der Waals surface area contributed by atoms with Crippen molar-refractivity contribution in [2.24, 2.45) is 5.92 Å². The summed E-state index contributed by atoms with van der Waals surface area (Å²) in [6.45, 7) is 3.76. The quantitative estimate of drug-likeness (QED) is 0.267. The van der Waals surface area contributed by atoms with Crippen LogP contribution in [0.2, 0.25) is 0 Å². The molecule has 10 heteroatoms. The summed E-state index contributed by atoms with van der Waals surface area (Å²) in [4.78, 5) is 60.6. The summed E-state index contributed by atoms with van der Waals surface area (Å²) in [5, 5.41) is 10.2. The summed E-state index contributed by atoms with van der Waals surface area (Å²) in [5.74, 6) is -1.10. The van der Waals surface area contributed by atoms with Gasteiger partial charge in [0.25, 0.3) is 0 Å². The van der Waals surface area contributed by atoms with Crippen molar-refractivity contribution in [3.63, 3.8) is 0 Å². The first-order valence-electron chi connectivity index (χ1n) is 12.1. The van der Waals surface area contributed by atoms with Gasteiger partial charge in [-0.15, -0.1) is 0 Å². The van der Waals surface area contributed by atoms with Gasteiger partial charge in [0.1, 0.15) is 31.0 Å². The van der Waals surface area contributed by atoms with E-state index >= 15 is 0 Å². The number of alkyl carbamates (subject to hydrolysis) is 1. The number of ether oxygens (including phenoxy) is 1. The minimum absolute atomic E-state index is 0.0453. The van der Waals surface area contributed by atoms with E-state index in [9.17, 15) is 24.0 Å². The molecule has 4 amide bonds. The lowest BCUT2D eigenvalue weighted by Crippen LogP contribution is -2.57. The number of aldehydes is 1. The van der Waals surface area contributed by atoms with E-state index in [0.717, 1.165) is 11.1 Å². The Morgan fingerprint density at radius 1 is 0.811 bits per heavy atom. The molecule has 0 unspecified atom stereocenters. The zero-order valence-corrected chi connectivity index (χ0v) is 21.0. The molecule has 2 rings (SSSR count). The van der Waals surface area contributed by atoms with E-state index in [1.807, 2.05) is 62.4 Å². The Morgan fingerprint density at radius 3 is 1.97 bits per heavy atom. The molecule has 0 radical (unpaired) electrons. The molecule has 0 fully saturated rings. The predicted octanol–water partition coefficient (Wildman–Crippen LogP) is 1.48. The van der Waals surface area contributed by atoms with E-state index in [1.165, 1.54) is 0 Å². The zero-order valence-electron chi connectivity index (χ0n) is 21.0. The number of carbonyl (C=O) groups is 5.